The van der Waals surface area contributed by atoms with Gasteiger partial charge in [0.25, 0.3) is 11.5 Å². The fourth-order valence-corrected chi connectivity index (χ4v) is 11.1. The Bertz CT molecular complexity index is 3670. The first-order valence-corrected chi connectivity index (χ1v) is 28.3. The van der Waals surface area contributed by atoms with Crippen LogP contribution in [0.4, 0.5) is 20.5 Å². The van der Waals surface area contributed by atoms with Gasteiger partial charge in [-0.25, -0.2) is 28.7 Å². The van der Waals surface area contributed by atoms with E-state index in [4.69, 9.17) is 41.8 Å². The van der Waals surface area contributed by atoms with Crippen molar-refractivity contribution in [1.29, 1.82) is 5.26 Å². The van der Waals surface area contributed by atoms with Crippen LogP contribution in [0.5, 0.6) is 11.5 Å². The molecule has 0 saturated carbocycles. The molecule has 84 heavy (non-hydrogen) atoms. The number of hydrogen-bond donors (Lipinski definition) is 4. The van der Waals surface area contributed by atoms with Crippen LogP contribution in [0.25, 0.3) is 22.3 Å². The molecule has 4 aromatic carbocycles. The molecule has 2 fully saturated rings. The summed E-state index contributed by atoms with van der Waals surface area (Å²) >= 11 is 0. The van der Waals surface area contributed by atoms with Crippen molar-refractivity contribution in [2.24, 2.45) is 5.92 Å². The summed E-state index contributed by atoms with van der Waals surface area (Å²) in [7, 11) is -3.20. The molecule has 0 spiro atoms. The van der Waals surface area contributed by atoms with E-state index in [0.717, 1.165) is 10.9 Å². The van der Waals surface area contributed by atoms with E-state index in [-0.39, 0.29) is 47.1 Å². The highest BCUT2D eigenvalue weighted by molar-refractivity contribution is 7.41. The van der Waals surface area contributed by atoms with Gasteiger partial charge in [0.2, 0.25) is 11.9 Å². The number of alkyl halides is 2. The number of aromatic amines is 1. The molecule has 25 nitrogen and oxygen atoms in total. The predicted molar refractivity (Wildman–Crippen MR) is 296 cm³/mol. The molecular formula is C55H54F2N11O14P2+. The second-order valence-corrected chi connectivity index (χ2v) is 21.1. The van der Waals surface area contributed by atoms with Gasteiger partial charge in [0.15, 0.2) is 59.0 Å². The zero-order valence-corrected chi connectivity index (χ0v) is 46.9. The molecule has 0 aliphatic carbocycles. The average molecular weight is 1190 g/mol. The average Bonchev–Trinajstić information content (AvgIpc) is 2.91. The first-order valence-electron chi connectivity index (χ1n) is 26.0. The summed E-state index contributed by atoms with van der Waals surface area (Å²) in [6.45, 7) is 1.76. The highest BCUT2D eigenvalue weighted by Crippen LogP contribution is 2.50. The van der Waals surface area contributed by atoms with Gasteiger partial charge in [0, 0.05) is 16.0 Å². The smallest absolute Gasteiger partial charge is 0.497 e. The minimum atomic E-state index is -3.47. The number of nitrogens with zero attached hydrogens (tertiary/aromatic N) is 8. The van der Waals surface area contributed by atoms with Gasteiger partial charge >= 0.3 is 16.9 Å². The molecule has 2 saturated heterocycles. The number of anilines is 2. The number of amides is 2. The molecule has 10 atom stereocenters. The maximum atomic E-state index is 18.0. The molecule has 436 valence electrons. The molecule has 10 rings (SSSR count). The number of benzene rings is 4. The Kier molecular flexibility index (Phi) is 18.4. The van der Waals surface area contributed by atoms with Gasteiger partial charge in [-0.3, -0.25) is 33.8 Å². The van der Waals surface area contributed by atoms with Gasteiger partial charge in [-0.1, -0.05) is 86.6 Å². The number of halogens is 2. The number of imidazole rings is 2. The number of carbonyl (C=O) groups is 2. The molecule has 0 radical (unpaired) electrons. The van der Waals surface area contributed by atoms with Gasteiger partial charge < -0.3 is 42.6 Å². The van der Waals surface area contributed by atoms with Crippen LogP contribution in [-0.4, -0.2) is 127 Å². The van der Waals surface area contributed by atoms with Gasteiger partial charge in [-0.15, -0.1) is 9.42 Å². The Morgan fingerprint density at radius 2 is 1.40 bits per heavy atom. The van der Waals surface area contributed by atoms with Gasteiger partial charge in [0.05, 0.1) is 59.2 Å². The van der Waals surface area contributed by atoms with Crippen molar-refractivity contribution in [2.45, 2.75) is 75.1 Å². The first-order chi connectivity index (χ1) is 40.7. The molecule has 2 aliphatic rings. The first kappa shape index (κ1) is 59.1. The number of carbonyl (C=O) groups excluding carboxylic acids is 2. The number of rotatable bonds is 24. The summed E-state index contributed by atoms with van der Waals surface area (Å²) in [6.07, 6.45) is -10.8. The Hall–Kier alpha value is -8.12. The fourth-order valence-electron chi connectivity index (χ4n) is 9.56. The van der Waals surface area contributed by atoms with E-state index in [2.05, 4.69) is 40.5 Å². The molecule has 29 heteroatoms. The molecular weight excluding hydrogens is 1140 g/mol. The highest BCUT2D eigenvalue weighted by atomic mass is 31.2. The van der Waals surface area contributed by atoms with Crippen molar-refractivity contribution in [2.75, 3.05) is 44.7 Å². The van der Waals surface area contributed by atoms with E-state index in [1.807, 2.05) is 60.7 Å². The van der Waals surface area contributed by atoms with E-state index >= 15 is 8.78 Å². The fraction of sp³-hybridized carbons (Fsp3) is 0.327. The third-order valence-electron chi connectivity index (χ3n) is 13.7. The third-order valence-corrected chi connectivity index (χ3v) is 15.3. The molecule has 2 unspecified atom stereocenters. The summed E-state index contributed by atoms with van der Waals surface area (Å²) in [5, 5.41) is 14.8. The maximum Gasteiger partial charge on any atom is 0.695 e. The van der Waals surface area contributed by atoms with E-state index in [0.29, 0.717) is 33.8 Å². The van der Waals surface area contributed by atoms with Gasteiger partial charge in [-0.2, -0.15) is 10.2 Å². The Labute approximate surface area is 479 Å². The van der Waals surface area contributed by atoms with E-state index in [9.17, 15) is 29.1 Å². The van der Waals surface area contributed by atoms with Crippen molar-refractivity contribution in [3.63, 3.8) is 0 Å². The zero-order valence-electron chi connectivity index (χ0n) is 45.1. The van der Waals surface area contributed by atoms with Crippen LogP contribution in [0.3, 0.4) is 0 Å². The lowest BCUT2D eigenvalue weighted by atomic mass is 9.80. The Balaban J connectivity index is 0.995. The van der Waals surface area contributed by atoms with Crippen LogP contribution in [0.2, 0.25) is 0 Å². The van der Waals surface area contributed by atoms with Gasteiger partial charge in [0.1, 0.15) is 41.7 Å². The van der Waals surface area contributed by atoms with Crippen molar-refractivity contribution in [3.8, 4) is 17.6 Å². The zero-order chi connectivity index (χ0) is 59.1. The Morgan fingerprint density at radius 1 is 0.786 bits per heavy atom. The molecule has 2 amide bonds. The van der Waals surface area contributed by atoms with Crippen molar-refractivity contribution in [1.82, 2.24) is 39.0 Å². The standard InChI is InChI=1S/C55H53F2N11O14P2/c1-31(2)49(69)65-54-64-48-43(51(71)66-54)62-30-68(48)53-45(81-83(72)73)40(56)38(79-53)27-78-84(77-25-11-24-58)82-44-39(80-52(41(44)57)67-29-61-42-46(59-28-60-47(42)67)63-50(70)32-12-7-5-8-13-32)26-76-55(33-14-9-6-10-15-33,34-16-20-36(74-3)21-17-34)35-18-22-37(75-4)23-19-35/h5-10,12-23,28-31,38-41,44-45,52-53H,11,25-27H2,1-4H3,(H3-,59,60,63,64,65,66,69,70,71,72,73)/p+1/t38-,39-,40-,41+,44-,45-,52-,53-,84?/m1/s1. The number of fused-ring (bicyclic) bond motifs is 2. The van der Waals surface area contributed by atoms with Crippen LogP contribution in [0.1, 0.15) is 59.8 Å². The minimum Gasteiger partial charge on any atom is -0.497 e. The van der Waals surface area contributed by atoms with Gasteiger partial charge in [-0.05, 0) is 53.1 Å². The molecule has 4 N–H and O–H groups in total. The second-order valence-electron chi connectivity index (χ2n) is 19.2. The van der Waals surface area contributed by atoms with Crippen LogP contribution in [0, 0.1) is 17.2 Å². The molecule has 6 heterocycles. The SMILES string of the molecule is COc1ccc(C(OC[C@H]2O[C@@H](n3cnc4c(NC(=O)c5ccccc5)ncnc43)[C@@H](F)[C@@H]2OP(OCCC#N)OC[C@H]2O[C@@H](n3cnc4c(=O)[nH]c(NC(=O)C(C)C)nc43)[C@H](O[P+](=O)O)[C@@H]2F)(c2ccccc2)c2ccc(OC)cc2)cc1. The number of nitrogens with one attached hydrogen (secondary N) is 3. The molecule has 0 bridgehead atoms. The quantitative estimate of drug-likeness (QED) is 0.0254. The molecule has 2 aliphatic heterocycles. The minimum absolute atomic E-state index is 0.0233. The second kappa shape index (κ2) is 26.2. The van der Waals surface area contributed by atoms with Crippen LogP contribution in [0.15, 0.2) is 133 Å². The number of H-pyrrole nitrogens is 1. The van der Waals surface area contributed by atoms with Crippen molar-refractivity contribution in [3.05, 3.63) is 161 Å². The highest BCUT2D eigenvalue weighted by Gasteiger charge is 2.54. The summed E-state index contributed by atoms with van der Waals surface area (Å²) in [6, 6.07) is 34.1. The van der Waals surface area contributed by atoms with Crippen LogP contribution in [-0.2, 0) is 47.3 Å². The number of hydrogen-bond acceptors (Lipinski definition) is 19. The molecule has 8 aromatic rings. The summed E-state index contributed by atoms with van der Waals surface area (Å²) in [5.41, 5.74) is -0.281. The predicted octanol–water partition coefficient (Wildman–Crippen LogP) is 7.90. The third kappa shape index (κ3) is 12.4. The number of aromatic nitrogens is 8. The summed E-state index contributed by atoms with van der Waals surface area (Å²) < 4.78 is 104. The lowest BCUT2D eigenvalue weighted by molar-refractivity contribution is -0.118. The number of nitriles is 1. The topological polar surface area (TPSA) is 310 Å². The monoisotopic (exact) mass is 1190 g/mol. The Morgan fingerprint density at radius 3 is 2.04 bits per heavy atom. The van der Waals surface area contributed by atoms with E-state index in [1.54, 1.807) is 82.7 Å². The normalized spacial score (nSPS) is 21.1. The molecule has 4 aromatic heterocycles. The van der Waals surface area contributed by atoms with Crippen LogP contribution < -0.4 is 25.7 Å². The number of ether oxygens (including phenoxy) is 5. The van der Waals surface area contributed by atoms with E-state index < -0.39 is 108 Å². The van der Waals surface area contributed by atoms with Crippen LogP contribution >= 0.6 is 16.9 Å². The van der Waals surface area contributed by atoms with Crippen molar-refractivity contribution < 1.29 is 69.6 Å². The maximum absolute atomic E-state index is 18.0. The summed E-state index contributed by atoms with van der Waals surface area (Å²) in [4.78, 5) is 72.9. The lowest BCUT2D eigenvalue weighted by Crippen LogP contribution is -2.40. The van der Waals surface area contributed by atoms with Crippen molar-refractivity contribution >= 4 is 62.8 Å². The lowest BCUT2D eigenvalue weighted by Gasteiger charge is -2.37. The van der Waals surface area contributed by atoms with E-state index in [1.165, 1.54) is 17.2 Å². The largest absolute Gasteiger partial charge is 0.695 e. The number of methoxy groups -OCH3 is 2. The summed E-state index contributed by atoms with van der Waals surface area (Å²) in [5.74, 6) is -0.605.